The fourth-order valence-corrected chi connectivity index (χ4v) is 3.05. The summed E-state index contributed by atoms with van der Waals surface area (Å²) in [5.41, 5.74) is 3.14. The Hall–Kier alpha value is -2.43. The molecule has 1 atom stereocenters. The first-order chi connectivity index (χ1) is 11.1. The second-order valence-electron chi connectivity index (χ2n) is 5.98. The summed E-state index contributed by atoms with van der Waals surface area (Å²) in [6.07, 6.45) is 4.52. The van der Waals surface area contributed by atoms with E-state index in [1.165, 1.54) is 0 Å². The molecule has 2 N–H and O–H groups in total. The minimum atomic E-state index is -0.866. The molecule has 0 amide bonds. The number of carboxylic acids is 1. The second kappa shape index (κ2) is 6.77. The SMILES string of the molecule is Cc1nc2c(c(N[C@H](Cc3ccccc3)C(=O)O)n1)CCCC2. The minimum absolute atomic E-state index is 0.425. The fourth-order valence-electron chi connectivity index (χ4n) is 3.05. The highest BCUT2D eigenvalue weighted by Gasteiger charge is 2.23. The number of aromatic nitrogens is 2. The van der Waals surface area contributed by atoms with Gasteiger partial charge in [0.2, 0.25) is 0 Å². The molecule has 5 heteroatoms. The van der Waals surface area contributed by atoms with Crippen molar-refractivity contribution >= 4 is 11.8 Å². The number of aryl methyl sites for hydroxylation is 2. The highest BCUT2D eigenvalue weighted by Crippen LogP contribution is 2.26. The highest BCUT2D eigenvalue weighted by atomic mass is 16.4. The van der Waals surface area contributed by atoms with Crippen molar-refractivity contribution in [2.24, 2.45) is 0 Å². The topological polar surface area (TPSA) is 75.1 Å². The number of fused-ring (bicyclic) bond motifs is 1. The lowest BCUT2D eigenvalue weighted by Crippen LogP contribution is -2.33. The molecule has 0 fully saturated rings. The normalized spacial score (nSPS) is 14.8. The summed E-state index contributed by atoms with van der Waals surface area (Å²) in [5.74, 6) is 0.516. The van der Waals surface area contributed by atoms with Gasteiger partial charge in [0, 0.05) is 17.7 Å². The Morgan fingerprint density at radius 1 is 1.22 bits per heavy atom. The maximum atomic E-state index is 11.7. The number of anilines is 1. The number of hydrogen-bond donors (Lipinski definition) is 2. The van der Waals surface area contributed by atoms with E-state index in [1.807, 2.05) is 37.3 Å². The molecular weight excluding hydrogens is 290 g/mol. The Morgan fingerprint density at radius 2 is 1.96 bits per heavy atom. The third-order valence-corrected chi connectivity index (χ3v) is 4.19. The molecule has 3 rings (SSSR count). The average Bonchev–Trinajstić information content (AvgIpc) is 2.55. The maximum absolute atomic E-state index is 11.7. The van der Waals surface area contributed by atoms with Gasteiger partial charge in [0.25, 0.3) is 0 Å². The number of rotatable bonds is 5. The number of aliphatic carboxylic acids is 1. The van der Waals surface area contributed by atoms with Crippen LogP contribution < -0.4 is 5.32 Å². The Morgan fingerprint density at radius 3 is 2.70 bits per heavy atom. The van der Waals surface area contributed by atoms with Crippen LogP contribution in [-0.4, -0.2) is 27.1 Å². The third kappa shape index (κ3) is 3.67. The van der Waals surface area contributed by atoms with Gasteiger partial charge in [-0.05, 0) is 38.2 Å². The van der Waals surface area contributed by atoms with E-state index < -0.39 is 12.0 Å². The van der Waals surface area contributed by atoms with Crippen LogP contribution in [0, 0.1) is 6.92 Å². The van der Waals surface area contributed by atoms with Crippen molar-refractivity contribution in [3.05, 3.63) is 53.0 Å². The zero-order valence-corrected chi connectivity index (χ0v) is 13.2. The summed E-state index contributed by atoms with van der Waals surface area (Å²) in [6, 6.07) is 8.96. The first kappa shape index (κ1) is 15.5. The summed E-state index contributed by atoms with van der Waals surface area (Å²) in [5, 5.41) is 12.7. The smallest absolute Gasteiger partial charge is 0.326 e. The lowest BCUT2D eigenvalue weighted by atomic mass is 9.96. The molecule has 0 radical (unpaired) electrons. The summed E-state index contributed by atoms with van der Waals surface area (Å²) < 4.78 is 0. The van der Waals surface area contributed by atoms with E-state index in [4.69, 9.17) is 0 Å². The van der Waals surface area contributed by atoms with Crippen molar-refractivity contribution in [2.45, 2.75) is 45.1 Å². The molecule has 1 heterocycles. The van der Waals surface area contributed by atoms with Gasteiger partial charge in [-0.1, -0.05) is 30.3 Å². The van der Waals surface area contributed by atoms with Gasteiger partial charge in [0.15, 0.2) is 0 Å². The van der Waals surface area contributed by atoms with Crippen LogP contribution in [0.1, 0.15) is 35.5 Å². The highest BCUT2D eigenvalue weighted by molar-refractivity contribution is 5.77. The first-order valence-electron chi connectivity index (χ1n) is 8.03. The van der Waals surface area contributed by atoms with E-state index in [1.54, 1.807) is 0 Å². The van der Waals surface area contributed by atoms with Crippen LogP contribution in [0.4, 0.5) is 5.82 Å². The quantitative estimate of drug-likeness (QED) is 0.888. The molecule has 0 bridgehead atoms. The van der Waals surface area contributed by atoms with Crippen LogP contribution in [0.5, 0.6) is 0 Å². The van der Waals surface area contributed by atoms with E-state index in [0.29, 0.717) is 18.1 Å². The van der Waals surface area contributed by atoms with Crippen molar-refractivity contribution in [1.82, 2.24) is 9.97 Å². The Bertz CT molecular complexity index is 701. The van der Waals surface area contributed by atoms with Gasteiger partial charge < -0.3 is 10.4 Å². The second-order valence-corrected chi connectivity index (χ2v) is 5.98. The molecule has 1 aliphatic rings. The third-order valence-electron chi connectivity index (χ3n) is 4.19. The Kier molecular flexibility index (Phi) is 4.55. The van der Waals surface area contributed by atoms with E-state index in [0.717, 1.165) is 42.5 Å². The van der Waals surface area contributed by atoms with Gasteiger partial charge in [-0.25, -0.2) is 14.8 Å². The molecule has 120 valence electrons. The first-order valence-corrected chi connectivity index (χ1v) is 8.03. The molecule has 0 saturated carbocycles. The zero-order valence-electron chi connectivity index (χ0n) is 13.2. The van der Waals surface area contributed by atoms with Crippen LogP contribution in [0.15, 0.2) is 30.3 Å². The van der Waals surface area contributed by atoms with Crippen LogP contribution >= 0.6 is 0 Å². The number of carboxylic acid groups (broad SMARTS) is 1. The predicted octanol–water partition coefficient (Wildman–Crippen LogP) is 2.77. The molecule has 0 saturated heterocycles. The zero-order chi connectivity index (χ0) is 16.2. The number of hydrogen-bond acceptors (Lipinski definition) is 4. The predicted molar refractivity (Wildman–Crippen MR) is 88.6 cm³/mol. The molecule has 1 aromatic carbocycles. The largest absolute Gasteiger partial charge is 0.480 e. The molecule has 0 spiro atoms. The van der Waals surface area contributed by atoms with Gasteiger partial charge in [-0.15, -0.1) is 0 Å². The van der Waals surface area contributed by atoms with Crippen LogP contribution in [0.2, 0.25) is 0 Å². The molecular formula is C18H21N3O2. The van der Waals surface area contributed by atoms with E-state index in [9.17, 15) is 9.90 Å². The molecule has 5 nitrogen and oxygen atoms in total. The molecule has 0 unspecified atom stereocenters. The minimum Gasteiger partial charge on any atom is -0.480 e. The molecule has 0 aliphatic heterocycles. The van der Waals surface area contributed by atoms with Gasteiger partial charge in [0.05, 0.1) is 0 Å². The fraction of sp³-hybridized carbons (Fsp3) is 0.389. The molecule has 1 aromatic heterocycles. The van der Waals surface area contributed by atoms with Crippen LogP contribution in [-0.2, 0) is 24.1 Å². The van der Waals surface area contributed by atoms with Crippen molar-refractivity contribution in [3.63, 3.8) is 0 Å². The van der Waals surface area contributed by atoms with Crippen LogP contribution in [0.3, 0.4) is 0 Å². The van der Waals surface area contributed by atoms with Crippen LogP contribution in [0.25, 0.3) is 0 Å². The number of benzene rings is 1. The maximum Gasteiger partial charge on any atom is 0.326 e. The van der Waals surface area contributed by atoms with Gasteiger partial charge in [-0.2, -0.15) is 0 Å². The monoisotopic (exact) mass is 311 g/mol. The number of nitrogens with one attached hydrogen (secondary N) is 1. The summed E-state index contributed by atoms with van der Waals surface area (Å²) in [6.45, 7) is 1.85. The van der Waals surface area contributed by atoms with Crippen molar-refractivity contribution in [3.8, 4) is 0 Å². The van der Waals surface area contributed by atoms with Gasteiger partial charge in [0.1, 0.15) is 17.7 Å². The van der Waals surface area contributed by atoms with E-state index in [-0.39, 0.29) is 0 Å². The Labute approximate surface area is 135 Å². The Balaban J connectivity index is 1.86. The lowest BCUT2D eigenvalue weighted by molar-refractivity contribution is -0.137. The number of nitrogens with zero attached hydrogens (tertiary/aromatic N) is 2. The van der Waals surface area contributed by atoms with Crippen molar-refractivity contribution in [2.75, 3.05) is 5.32 Å². The van der Waals surface area contributed by atoms with E-state index in [2.05, 4.69) is 15.3 Å². The van der Waals surface area contributed by atoms with Gasteiger partial charge >= 0.3 is 5.97 Å². The molecule has 23 heavy (non-hydrogen) atoms. The molecule has 1 aliphatic carbocycles. The van der Waals surface area contributed by atoms with E-state index >= 15 is 0 Å². The number of carbonyl (C=O) groups is 1. The lowest BCUT2D eigenvalue weighted by Gasteiger charge is -2.22. The van der Waals surface area contributed by atoms with Crippen molar-refractivity contribution in [1.29, 1.82) is 0 Å². The standard InChI is InChI=1S/C18H21N3O2/c1-12-19-15-10-6-5-9-14(15)17(20-12)21-16(18(22)23)11-13-7-3-2-4-8-13/h2-4,7-8,16H,5-6,9-11H2,1H3,(H,22,23)(H,19,20,21)/t16-/m1/s1. The average molecular weight is 311 g/mol. The van der Waals surface area contributed by atoms with Crippen molar-refractivity contribution < 1.29 is 9.90 Å². The molecule has 2 aromatic rings. The summed E-state index contributed by atoms with van der Waals surface area (Å²) in [7, 11) is 0. The summed E-state index contributed by atoms with van der Waals surface area (Å²) >= 11 is 0. The van der Waals surface area contributed by atoms with Gasteiger partial charge in [-0.3, -0.25) is 0 Å². The summed E-state index contributed by atoms with van der Waals surface area (Å²) in [4.78, 5) is 20.6.